The van der Waals surface area contributed by atoms with Crippen molar-refractivity contribution in [2.45, 2.75) is 39.2 Å². The SMILES string of the molecule is CCCCCN(C)c1ccc(Br)cc1C(C)N. The number of nitrogens with two attached hydrogens (primary N) is 1. The Morgan fingerprint density at radius 1 is 1.35 bits per heavy atom. The average molecular weight is 299 g/mol. The van der Waals surface area contributed by atoms with Crippen LogP contribution < -0.4 is 10.6 Å². The highest BCUT2D eigenvalue weighted by molar-refractivity contribution is 9.10. The van der Waals surface area contributed by atoms with Gasteiger partial charge in [0.1, 0.15) is 0 Å². The Hall–Kier alpha value is -0.540. The van der Waals surface area contributed by atoms with Crippen LogP contribution in [0.2, 0.25) is 0 Å². The van der Waals surface area contributed by atoms with E-state index < -0.39 is 0 Å². The van der Waals surface area contributed by atoms with E-state index in [2.05, 4.69) is 53.0 Å². The van der Waals surface area contributed by atoms with Crippen molar-refractivity contribution >= 4 is 21.6 Å². The quantitative estimate of drug-likeness (QED) is 0.801. The van der Waals surface area contributed by atoms with Crippen LogP contribution in [0.1, 0.15) is 44.7 Å². The molecule has 2 nitrogen and oxygen atoms in total. The van der Waals surface area contributed by atoms with Gasteiger partial charge in [0.15, 0.2) is 0 Å². The molecule has 0 amide bonds. The van der Waals surface area contributed by atoms with E-state index >= 15 is 0 Å². The molecule has 1 rings (SSSR count). The highest BCUT2D eigenvalue weighted by Gasteiger charge is 2.10. The summed E-state index contributed by atoms with van der Waals surface area (Å²) in [6, 6.07) is 6.42. The number of benzene rings is 1. The monoisotopic (exact) mass is 298 g/mol. The van der Waals surface area contributed by atoms with Gasteiger partial charge in [0, 0.05) is 29.8 Å². The molecule has 3 heteroatoms. The van der Waals surface area contributed by atoms with Crippen molar-refractivity contribution in [3.63, 3.8) is 0 Å². The van der Waals surface area contributed by atoms with Crippen LogP contribution in [0, 0.1) is 0 Å². The maximum atomic E-state index is 6.03. The molecule has 0 saturated carbocycles. The third-order valence-electron chi connectivity index (χ3n) is 2.99. The Labute approximate surface area is 113 Å². The molecule has 1 aromatic carbocycles. The summed E-state index contributed by atoms with van der Waals surface area (Å²) in [6.45, 7) is 5.35. The van der Waals surface area contributed by atoms with Crippen molar-refractivity contribution in [3.8, 4) is 0 Å². The second-order valence-electron chi connectivity index (χ2n) is 4.62. The summed E-state index contributed by atoms with van der Waals surface area (Å²) < 4.78 is 1.09. The predicted molar refractivity (Wildman–Crippen MR) is 79.5 cm³/mol. The Balaban J connectivity index is 2.81. The first-order valence-corrected chi connectivity index (χ1v) is 7.11. The fourth-order valence-corrected chi connectivity index (χ4v) is 2.34. The van der Waals surface area contributed by atoms with Crippen molar-refractivity contribution in [1.82, 2.24) is 0 Å². The number of nitrogens with zero attached hydrogens (tertiary/aromatic N) is 1. The molecular formula is C14H23BrN2. The van der Waals surface area contributed by atoms with E-state index in [1.807, 2.05) is 6.92 Å². The van der Waals surface area contributed by atoms with Crippen LogP contribution in [0.25, 0.3) is 0 Å². The van der Waals surface area contributed by atoms with Crippen LogP contribution in [0.3, 0.4) is 0 Å². The lowest BCUT2D eigenvalue weighted by Crippen LogP contribution is -2.21. The second kappa shape index (κ2) is 7.02. The fraction of sp³-hybridized carbons (Fsp3) is 0.571. The van der Waals surface area contributed by atoms with Gasteiger partial charge >= 0.3 is 0 Å². The summed E-state index contributed by atoms with van der Waals surface area (Å²) in [4.78, 5) is 2.31. The maximum Gasteiger partial charge on any atom is 0.0412 e. The molecule has 0 aliphatic rings. The summed E-state index contributed by atoms with van der Waals surface area (Å²) in [5.41, 5.74) is 8.48. The van der Waals surface area contributed by atoms with E-state index in [4.69, 9.17) is 5.73 Å². The third kappa shape index (κ3) is 4.32. The van der Waals surface area contributed by atoms with E-state index in [1.54, 1.807) is 0 Å². The number of hydrogen-bond donors (Lipinski definition) is 1. The molecule has 0 spiro atoms. The van der Waals surface area contributed by atoms with Gasteiger partial charge in [-0.1, -0.05) is 35.7 Å². The summed E-state index contributed by atoms with van der Waals surface area (Å²) in [5.74, 6) is 0. The molecule has 0 aromatic heterocycles. The Morgan fingerprint density at radius 3 is 2.65 bits per heavy atom. The third-order valence-corrected chi connectivity index (χ3v) is 3.48. The highest BCUT2D eigenvalue weighted by atomic mass is 79.9. The zero-order valence-electron chi connectivity index (χ0n) is 11.0. The van der Waals surface area contributed by atoms with E-state index in [-0.39, 0.29) is 6.04 Å². The average Bonchev–Trinajstić information content (AvgIpc) is 2.29. The van der Waals surface area contributed by atoms with E-state index in [1.165, 1.54) is 30.5 Å². The molecule has 0 radical (unpaired) electrons. The first-order chi connectivity index (χ1) is 8.06. The van der Waals surface area contributed by atoms with Gasteiger partial charge in [-0.05, 0) is 37.1 Å². The molecule has 0 aliphatic heterocycles. The van der Waals surface area contributed by atoms with Crippen molar-refractivity contribution in [2.75, 3.05) is 18.5 Å². The van der Waals surface area contributed by atoms with Gasteiger partial charge in [-0.15, -0.1) is 0 Å². The van der Waals surface area contributed by atoms with E-state index in [0.29, 0.717) is 0 Å². The van der Waals surface area contributed by atoms with E-state index in [9.17, 15) is 0 Å². The second-order valence-corrected chi connectivity index (χ2v) is 5.54. The summed E-state index contributed by atoms with van der Waals surface area (Å²) >= 11 is 3.50. The topological polar surface area (TPSA) is 29.3 Å². The molecule has 1 aromatic rings. The summed E-state index contributed by atoms with van der Waals surface area (Å²) in [6.07, 6.45) is 3.78. The molecule has 96 valence electrons. The molecule has 0 saturated heterocycles. The van der Waals surface area contributed by atoms with Crippen LogP contribution in [0.5, 0.6) is 0 Å². The minimum atomic E-state index is 0.0659. The first-order valence-electron chi connectivity index (χ1n) is 6.32. The molecular weight excluding hydrogens is 276 g/mol. The first kappa shape index (κ1) is 14.5. The van der Waals surface area contributed by atoms with Gasteiger partial charge in [-0.2, -0.15) is 0 Å². The fourth-order valence-electron chi connectivity index (χ4n) is 1.96. The molecule has 0 aliphatic carbocycles. The van der Waals surface area contributed by atoms with Gasteiger partial charge in [0.05, 0.1) is 0 Å². The molecule has 1 unspecified atom stereocenters. The molecule has 0 heterocycles. The van der Waals surface area contributed by atoms with Crippen LogP contribution in [-0.2, 0) is 0 Å². The standard InChI is InChI=1S/C14H23BrN2/c1-4-5-6-9-17(3)14-8-7-12(15)10-13(14)11(2)16/h7-8,10-11H,4-6,9,16H2,1-3H3. The van der Waals surface area contributed by atoms with Crippen molar-refractivity contribution in [3.05, 3.63) is 28.2 Å². The minimum Gasteiger partial charge on any atom is -0.374 e. The predicted octanol–water partition coefficient (Wildman–Crippen LogP) is 4.10. The van der Waals surface area contributed by atoms with Gasteiger partial charge in [0.2, 0.25) is 0 Å². The largest absolute Gasteiger partial charge is 0.374 e. The van der Waals surface area contributed by atoms with Crippen LogP contribution >= 0.6 is 15.9 Å². The van der Waals surface area contributed by atoms with Crippen LogP contribution in [0.4, 0.5) is 5.69 Å². The zero-order chi connectivity index (χ0) is 12.8. The van der Waals surface area contributed by atoms with Crippen molar-refractivity contribution < 1.29 is 0 Å². The smallest absolute Gasteiger partial charge is 0.0412 e. The molecule has 0 bridgehead atoms. The van der Waals surface area contributed by atoms with Crippen LogP contribution in [-0.4, -0.2) is 13.6 Å². The number of anilines is 1. The van der Waals surface area contributed by atoms with Gasteiger partial charge < -0.3 is 10.6 Å². The Bertz CT molecular complexity index is 350. The highest BCUT2D eigenvalue weighted by Crippen LogP contribution is 2.28. The van der Waals surface area contributed by atoms with Gasteiger partial charge in [0.25, 0.3) is 0 Å². The van der Waals surface area contributed by atoms with Crippen LogP contribution in [0.15, 0.2) is 22.7 Å². The van der Waals surface area contributed by atoms with E-state index in [0.717, 1.165) is 11.0 Å². The minimum absolute atomic E-state index is 0.0659. The lowest BCUT2D eigenvalue weighted by molar-refractivity contribution is 0.700. The lowest BCUT2D eigenvalue weighted by atomic mass is 10.1. The summed E-state index contributed by atoms with van der Waals surface area (Å²) in [5, 5.41) is 0. The number of halogens is 1. The van der Waals surface area contributed by atoms with Gasteiger partial charge in [-0.3, -0.25) is 0 Å². The van der Waals surface area contributed by atoms with Crippen molar-refractivity contribution in [2.24, 2.45) is 5.73 Å². The van der Waals surface area contributed by atoms with Crippen molar-refractivity contribution in [1.29, 1.82) is 0 Å². The molecule has 2 N–H and O–H groups in total. The Morgan fingerprint density at radius 2 is 2.06 bits per heavy atom. The molecule has 1 atom stereocenters. The molecule has 17 heavy (non-hydrogen) atoms. The number of unbranched alkanes of at least 4 members (excludes halogenated alkanes) is 2. The normalized spacial score (nSPS) is 12.5. The maximum absolute atomic E-state index is 6.03. The lowest BCUT2D eigenvalue weighted by Gasteiger charge is -2.24. The van der Waals surface area contributed by atoms with Gasteiger partial charge in [-0.25, -0.2) is 0 Å². The number of rotatable bonds is 6. The number of hydrogen-bond acceptors (Lipinski definition) is 2. The molecule has 0 fully saturated rings. The summed E-state index contributed by atoms with van der Waals surface area (Å²) in [7, 11) is 2.14. The zero-order valence-corrected chi connectivity index (χ0v) is 12.6. The Kier molecular flexibility index (Phi) is 6.00.